The van der Waals surface area contributed by atoms with E-state index in [1.54, 1.807) is 19.9 Å². The predicted molar refractivity (Wildman–Crippen MR) is 147 cm³/mol. The molecule has 0 saturated heterocycles. The summed E-state index contributed by atoms with van der Waals surface area (Å²) in [6.07, 6.45) is 19.0. The van der Waals surface area contributed by atoms with E-state index < -0.39 is 23.6 Å². The van der Waals surface area contributed by atoms with Crippen molar-refractivity contribution < 1.29 is 28.9 Å². The van der Waals surface area contributed by atoms with Gasteiger partial charge in [0.1, 0.15) is 5.60 Å². The Kier molecular flexibility index (Phi) is 19.8. The average molecular weight is 513 g/mol. The first-order valence-corrected chi connectivity index (χ1v) is 14.3. The summed E-state index contributed by atoms with van der Waals surface area (Å²) in [5, 5.41) is 10.0. The molecule has 0 fully saturated rings. The van der Waals surface area contributed by atoms with Crippen molar-refractivity contribution in [1.29, 1.82) is 0 Å². The van der Waals surface area contributed by atoms with Gasteiger partial charge in [0, 0.05) is 6.42 Å². The molecule has 0 amide bonds. The SMILES string of the molecule is CCCCCCCCCCCCC/C=C/[C@@H](O)CCOC(=O)CCC(=O)OC(C)(C)COC(C)(C)C. The molecule has 0 aliphatic carbocycles. The van der Waals surface area contributed by atoms with Crippen LogP contribution in [0.5, 0.6) is 0 Å². The maximum absolute atomic E-state index is 12.0. The van der Waals surface area contributed by atoms with Crippen LogP contribution in [0.25, 0.3) is 0 Å². The van der Waals surface area contributed by atoms with Crippen LogP contribution in [-0.4, -0.2) is 47.6 Å². The van der Waals surface area contributed by atoms with E-state index in [-0.39, 0.29) is 31.7 Å². The first-order chi connectivity index (χ1) is 16.9. The Labute approximate surface area is 221 Å². The largest absolute Gasteiger partial charge is 0.466 e. The molecule has 0 radical (unpaired) electrons. The Morgan fingerprint density at radius 1 is 0.806 bits per heavy atom. The minimum atomic E-state index is -0.766. The number of unbranched alkanes of at least 4 members (excludes halogenated alkanes) is 11. The number of hydrogen-bond donors (Lipinski definition) is 1. The molecule has 6 heteroatoms. The Balaban J connectivity index is 3.72. The topological polar surface area (TPSA) is 82.1 Å². The molecule has 0 rings (SSSR count). The molecule has 1 atom stereocenters. The number of esters is 2. The number of allylic oxidation sites excluding steroid dienone is 1. The van der Waals surface area contributed by atoms with Gasteiger partial charge in [-0.15, -0.1) is 0 Å². The van der Waals surface area contributed by atoms with Crippen LogP contribution in [0.4, 0.5) is 0 Å². The van der Waals surface area contributed by atoms with Crippen molar-refractivity contribution in [2.45, 2.75) is 155 Å². The normalized spacial score (nSPS) is 13.2. The Hall–Kier alpha value is -1.40. The highest BCUT2D eigenvalue weighted by molar-refractivity contribution is 5.77. The van der Waals surface area contributed by atoms with Gasteiger partial charge < -0.3 is 19.3 Å². The lowest BCUT2D eigenvalue weighted by molar-refractivity contribution is -0.169. The molecule has 0 unspecified atom stereocenters. The minimum absolute atomic E-state index is 0.0418. The molecule has 6 nitrogen and oxygen atoms in total. The van der Waals surface area contributed by atoms with Crippen molar-refractivity contribution >= 4 is 11.9 Å². The van der Waals surface area contributed by atoms with Crippen LogP contribution >= 0.6 is 0 Å². The van der Waals surface area contributed by atoms with Crippen LogP contribution in [0.15, 0.2) is 12.2 Å². The number of hydrogen-bond acceptors (Lipinski definition) is 6. The number of carbonyl (C=O) groups excluding carboxylic acids is 2. The van der Waals surface area contributed by atoms with E-state index in [1.165, 1.54) is 64.2 Å². The Morgan fingerprint density at radius 2 is 1.33 bits per heavy atom. The van der Waals surface area contributed by atoms with Crippen LogP contribution in [0.2, 0.25) is 0 Å². The molecule has 0 bridgehead atoms. The zero-order valence-corrected chi connectivity index (χ0v) is 24.2. The summed E-state index contributed by atoms with van der Waals surface area (Å²) in [5.41, 5.74) is -1.09. The maximum atomic E-state index is 12.0. The molecule has 0 aromatic rings. The number of aliphatic hydroxyl groups excluding tert-OH is 1. The zero-order valence-electron chi connectivity index (χ0n) is 24.2. The number of rotatable bonds is 22. The summed E-state index contributed by atoms with van der Waals surface area (Å²) in [6.45, 7) is 12.0. The van der Waals surface area contributed by atoms with Crippen molar-refractivity contribution in [3.05, 3.63) is 12.2 Å². The van der Waals surface area contributed by atoms with Crippen molar-refractivity contribution in [3.63, 3.8) is 0 Å². The average Bonchev–Trinajstić information content (AvgIpc) is 2.79. The van der Waals surface area contributed by atoms with Crippen molar-refractivity contribution in [2.75, 3.05) is 13.2 Å². The van der Waals surface area contributed by atoms with Gasteiger partial charge in [0.2, 0.25) is 0 Å². The molecule has 0 spiro atoms. The van der Waals surface area contributed by atoms with Crippen LogP contribution in [0.3, 0.4) is 0 Å². The lowest BCUT2D eigenvalue weighted by Crippen LogP contribution is -2.37. The highest BCUT2D eigenvalue weighted by Crippen LogP contribution is 2.17. The van der Waals surface area contributed by atoms with Gasteiger partial charge in [-0.2, -0.15) is 0 Å². The van der Waals surface area contributed by atoms with E-state index in [4.69, 9.17) is 14.2 Å². The van der Waals surface area contributed by atoms with E-state index in [2.05, 4.69) is 6.92 Å². The second-order valence-corrected chi connectivity index (χ2v) is 11.5. The quantitative estimate of drug-likeness (QED) is 0.0921. The predicted octanol–water partition coefficient (Wildman–Crippen LogP) is 7.46. The number of carbonyl (C=O) groups is 2. The summed E-state index contributed by atoms with van der Waals surface area (Å²) >= 11 is 0. The third kappa shape index (κ3) is 24.3. The molecule has 0 aliphatic heterocycles. The fourth-order valence-corrected chi connectivity index (χ4v) is 3.62. The van der Waals surface area contributed by atoms with Gasteiger partial charge >= 0.3 is 11.9 Å². The van der Waals surface area contributed by atoms with Crippen LogP contribution in [-0.2, 0) is 23.8 Å². The molecule has 36 heavy (non-hydrogen) atoms. The lowest BCUT2D eigenvalue weighted by atomic mass is 10.1. The van der Waals surface area contributed by atoms with E-state index in [1.807, 2.05) is 26.8 Å². The van der Waals surface area contributed by atoms with Gasteiger partial charge in [0.05, 0.1) is 37.8 Å². The Bertz CT molecular complexity index is 591. The van der Waals surface area contributed by atoms with Crippen LogP contribution in [0.1, 0.15) is 138 Å². The molecule has 0 aromatic heterocycles. The zero-order chi connectivity index (χ0) is 27.3. The van der Waals surface area contributed by atoms with Crippen LogP contribution < -0.4 is 0 Å². The van der Waals surface area contributed by atoms with E-state index >= 15 is 0 Å². The monoisotopic (exact) mass is 512 g/mol. The summed E-state index contributed by atoms with van der Waals surface area (Å²) in [6, 6.07) is 0. The standard InChI is InChI=1S/C30H56O6/c1-7-8-9-10-11-12-13-14-15-16-17-18-19-20-26(31)23-24-34-27(32)21-22-28(33)36-30(5,6)25-35-29(2,3)4/h19-20,26,31H,7-18,21-25H2,1-6H3/b20-19+/t26-/m1/s1. The smallest absolute Gasteiger partial charge is 0.306 e. The van der Waals surface area contributed by atoms with Gasteiger partial charge in [0.15, 0.2) is 0 Å². The number of aliphatic hydroxyl groups is 1. The number of ether oxygens (including phenoxy) is 3. The molecular formula is C30H56O6. The molecule has 212 valence electrons. The summed E-state index contributed by atoms with van der Waals surface area (Å²) in [5.74, 6) is -0.923. The lowest BCUT2D eigenvalue weighted by Gasteiger charge is -2.29. The van der Waals surface area contributed by atoms with E-state index in [0.29, 0.717) is 6.42 Å². The molecule has 0 aliphatic rings. The first-order valence-electron chi connectivity index (χ1n) is 14.3. The second kappa shape index (κ2) is 20.6. The third-order valence-corrected chi connectivity index (χ3v) is 5.79. The summed E-state index contributed by atoms with van der Waals surface area (Å²) in [7, 11) is 0. The van der Waals surface area contributed by atoms with Crippen molar-refractivity contribution in [3.8, 4) is 0 Å². The van der Waals surface area contributed by atoms with Crippen molar-refractivity contribution in [1.82, 2.24) is 0 Å². The fraction of sp³-hybridized carbons (Fsp3) is 0.867. The van der Waals surface area contributed by atoms with E-state index in [0.717, 1.165) is 12.8 Å². The van der Waals surface area contributed by atoms with Gasteiger partial charge in [-0.25, -0.2) is 0 Å². The van der Waals surface area contributed by atoms with Crippen molar-refractivity contribution in [2.24, 2.45) is 0 Å². The van der Waals surface area contributed by atoms with E-state index in [9.17, 15) is 14.7 Å². The van der Waals surface area contributed by atoms with Gasteiger partial charge in [0.25, 0.3) is 0 Å². The maximum Gasteiger partial charge on any atom is 0.306 e. The molecule has 0 aromatic carbocycles. The Morgan fingerprint density at radius 3 is 1.89 bits per heavy atom. The second-order valence-electron chi connectivity index (χ2n) is 11.5. The summed E-state index contributed by atoms with van der Waals surface area (Å²) < 4.78 is 16.2. The highest BCUT2D eigenvalue weighted by Gasteiger charge is 2.26. The molecule has 1 N–H and O–H groups in total. The first kappa shape index (κ1) is 34.6. The van der Waals surface area contributed by atoms with Gasteiger partial charge in [-0.05, 0) is 47.5 Å². The molecule has 0 heterocycles. The minimum Gasteiger partial charge on any atom is -0.466 e. The molecular weight excluding hydrogens is 456 g/mol. The molecule has 0 saturated carbocycles. The fourth-order valence-electron chi connectivity index (χ4n) is 3.62. The van der Waals surface area contributed by atoms with Gasteiger partial charge in [-0.1, -0.05) is 83.3 Å². The van der Waals surface area contributed by atoms with Gasteiger partial charge in [-0.3, -0.25) is 9.59 Å². The summed E-state index contributed by atoms with van der Waals surface area (Å²) in [4.78, 5) is 23.9. The highest BCUT2D eigenvalue weighted by atomic mass is 16.6. The van der Waals surface area contributed by atoms with Crippen LogP contribution in [0, 0.1) is 0 Å². The third-order valence-electron chi connectivity index (χ3n) is 5.79.